The van der Waals surface area contributed by atoms with Gasteiger partial charge in [-0.2, -0.15) is 0 Å². The summed E-state index contributed by atoms with van der Waals surface area (Å²) < 4.78 is 13.7. The Morgan fingerprint density at radius 2 is 2.24 bits per heavy atom. The summed E-state index contributed by atoms with van der Waals surface area (Å²) in [5.41, 5.74) is 7.22. The Kier molecular flexibility index (Phi) is 5.23. The van der Waals surface area contributed by atoms with Crippen molar-refractivity contribution in [1.82, 2.24) is 20.2 Å². The van der Waals surface area contributed by atoms with Gasteiger partial charge < -0.3 is 11.1 Å². The van der Waals surface area contributed by atoms with Crippen LogP contribution in [0.2, 0.25) is 0 Å². The first-order chi connectivity index (χ1) is 12.0. The summed E-state index contributed by atoms with van der Waals surface area (Å²) >= 11 is 0. The topological polar surface area (TPSA) is 84.1 Å². The molecule has 0 saturated carbocycles. The fourth-order valence-electron chi connectivity index (χ4n) is 3.13. The molecule has 0 bridgehead atoms. The monoisotopic (exact) mass is 343 g/mol. The van der Waals surface area contributed by atoms with Gasteiger partial charge in [-0.15, -0.1) is 0 Å². The lowest BCUT2D eigenvalue weighted by molar-refractivity contribution is 0.0946. The number of nitrogens with zero attached hydrogens (tertiary/aromatic N) is 3. The molecule has 2 aromatic rings. The molecule has 1 unspecified atom stereocenters. The second-order valence-electron chi connectivity index (χ2n) is 6.42. The van der Waals surface area contributed by atoms with Gasteiger partial charge in [0.05, 0.1) is 11.3 Å². The van der Waals surface area contributed by atoms with Gasteiger partial charge in [-0.05, 0) is 31.9 Å². The molecule has 0 spiro atoms. The predicted octanol–water partition coefficient (Wildman–Crippen LogP) is 1.76. The van der Waals surface area contributed by atoms with Crippen molar-refractivity contribution >= 4 is 11.9 Å². The number of rotatable bonds is 5. The number of benzene rings is 1. The molecule has 1 aliphatic heterocycles. The summed E-state index contributed by atoms with van der Waals surface area (Å²) in [5.74, 6) is 0.155. The minimum atomic E-state index is -0.190. The molecule has 0 aliphatic carbocycles. The predicted molar refractivity (Wildman–Crippen MR) is 93.3 cm³/mol. The summed E-state index contributed by atoms with van der Waals surface area (Å²) in [5, 5.41) is 2.94. The van der Waals surface area contributed by atoms with Crippen LogP contribution in [0.25, 0.3) is 0 Å². The van der Waals surface area contributed by atoms with E-state index in [-0.39, 0.29) is 17.7 Å². The fraction of sp³-hybridized carbons (Fsp3) is 0.389. The van der Waals surface area contributed by atoms with Gasteiger partial charge in [0.1, 0.15) is 5.82 Å². The second kappa shape index (κ2) is 7.57. The van der Waals surface area contributed by atoms with Gasteiger partial charge in [-0.25, -0.2) is 14.4 Å². The molecular formula is C18H22FN5O. The van der Waals surface area contributed by atoms with Crippen LogP contribution in [0.15, 0.2) is 30.5 Å². The maximum absolute atomic E-state index is 13.7. The van der Waals surface area contributed by atoms with Gasteiger partial charge in [0.2, 0.25) is 5.95 Å². The third kappa shape index (κ3) is 4.30. The van der Waals surface area contributed by atoms with Crippen molar-refractivity contribution in [2.45, 2.75) is 19.9 Å². The third-order valence-corrected chi connectivity index (χ3v) is 4.52. The number of aromatic nitrogens is 2. The lowest BCUT2D eigenvalue weighted by atomic mass is 10.1. The van der Waals surface area contributed by atoms with Crippen molar-refractivity contribution in [3.63, 3.8) is 0 Å². The van der Waals surface area contributed by atoms with Gasteiger partial charge in [-0.3, -0.25) is 9.69 Å². The van der Waals surface area contributed by atoms with Gasteiger partial charge in [0.15, 0.2) is 0 Å². The molecule has 0 radical (unpaired) electrons. The minimum Gasteiger partial charge on any atom is -0.368 e. The van der Waals surface area contributed by atoms with Crippen LogP contribution in [0.4, 0.5) is 10.3 Å². The van der Waals surface area contributed by atoms with Crippen LogP contribution >= 0.6 is 0 Å². The summed E-state index contributed by atoms with van der Waals surface area (Å²) in [6, 6.07) is 6.85. The zero-order valence-corrected chi connectivity index (χ0v) is 14.2. The molecule has 3 rings (SSSR count). The number of anilines is 1. The van der Waals surface area contributed by atoms with E-state index in [1.165, 1.54) is 12.3 Å². The van der Waals surface area contributed by atoms with Crippen molar-refractivity contribution in [1.29, 1.82) is 0 Å². The normalized spacial score (nSPS) is 17.6. The number of carbonyl (C=O) groups is 1. The molecule has 25 heavy (non-hydrogen) atoms. The first-order valence-corrected chi connectivity index (χ1v) is 8.36. The van der Waals surface area contributed by atoms with Crippen molar-refractivity contribution in [2.24, 2.45) is 5.92 Å². The van der Waals surface area contributed by atoms with Crippen LogP contribution in [0.5, 0.6) is 0 Å². The number of nitrogens with one attached hydrogen (secondary N) is 1. The van der Waals surface area contributed by atoms with E-state index in [0.29, 0.717) is 35.8 Å². The Morgan fingerprint density at radius 3 is 3.00 bits per heavy atom. The molecule has 1 saturated heterocycles. The molecule has 1 aromatic heterocycles. The van der Waals surface area contributed by atoms with Crippen molar-refractivity contribution < 1.29 is 9.18 Å². The molecule has 1 atom stereocenters. The van der Waals surface area contributed by atoms with Crippen LogP contribution in [-0.4, -0.2) is 40.4 Å². The number of amides is 1. The van der Waals surface area contributed by atoms with Crippen LogP contribution in [-0.2, 0) is 6.54 Å². The van der Waals surface area contributed by atoms with Crippen LogP contribution in [0.3, 0.4) is 0 Å². The molecule has 6 nitrogen and oxygen atoms in total. The molecule has 2 heterocycles. The summed E-state index contributed by atoms with van der Waals surface area (Å²) in [6.07, 6.45) is 2.43. The molecular weight excluding hydrogens is 321 g/mol. The zero-order chi connectivity index (χ0) is 17.8. The van der Waals surface area contributed by atoms with E-state index >= 15 is 0 Å². The number of nitrogen functional groups attached to an aromatic ring is 1. The van der Waals surface area contributed by atoms with Gasteiger partial charge in [0, 0.05) is 31.4 Å². The van der Waals surface area contributed by atoms with E-state index in [2.05, 4.69) is 20.2 Å². The van der Waals surface area contributed by atoms with E-state index in [0.717, 1.165) is 19.5 Å². The van der Waals surface area contributed by atoms with E-state index in [1.54, 1.807) is 13.0 Å². The van der Waals surface area contributed by atoms with Gasteiger partial charge in [0.25, 0.3) is 5.91 Å². The van der Waals surface area contributed by atoms with Gasteiger partial charge in [-0.1, -0.05) is 18.2 Å². The zero-order valence-electron chi connectivity index (χ0n) is 14.2. The van der Waals surface area contributed by atoms with Crippen molar-refractivity contribution in [3.8, 4) is 0 Å². The highest BCUT2D eigenvalue weighted by Crippen LogP contribution is 2.19. The molecule has 132 valence electrons. The Balaban J connectivity index is 1.50. The number of carbonyl (C=O) groups excluding carboxylic acids is 1. The minimum absolute atomic E-state index is 0.161. The number of hydrogen-bond donors (Lipinski definition) is 2. The first kappa shape index (κ1) is 17.3. The SMILES string of the molecule is Cc1nc(N)ncc1C(=O)NCC1CCN(Cc2ccccc2F)C1. The maximum Gasteiger partial charge on any atom is 0.254 e. The summed E-state index contributed by atoms with van der Waals surface area (Å²) in [6.45, 7) is 4.65. The summed E-state index contributed by atoms with van der Waals surface area (Å²) in [7, 11) is 0. The molecule has 1 fully saturated rings. The van der Waals surface area contributed by atoms with E-state index in [4.69, 9.17) is 5.73 Å². The van der Waals surface area contributed by atoms with Crippen molar-refractivity contribution in [2.75, 3.05) is 25.4 Å². The standard InChI is InChI=1S/C18H22FN5O/c1-12-15(9-22-18(20)23-12)17(25)21-8-13-6-7-24(10-13)11-14-4-2-3-5-16(14)19/h2-5,9,13H,6-8,10-11H2,1H3,(H,21,25)(H2,20,22,23). The highest BCUT2D eigenvalue weighted by Gasteiger charge is 2.24. The quantitative estimate of drug-likeness (QED) is 0.864. The number of aryl methyl sites for hydroxylation is 1. The lowest BCUT2D eigenvalue weighted by Gasteiger charge is -2.17. The number of hydrogen-bond acceptors (Lipinski definition) is 5. The highest BCUT2D eigenvalue weighted by molar-refractivity contribution is 5.94. The van der Waals surface area contributed by atoms with Crippen LogP contribution in [0.1, 0.15) is 28.0 Å². The molecule has 1 aliphatic rings. The smallest absolute Gasteiger partial charge is 0.254 e. The average Bonchev–Trinajstić information content (AvgIpc) is 3.02. The van der Waals surface area contributed by atoms with Gasteiger partial charge >= 0.3 is 0 Å². The van der Waals surface area contributed by atoms with E-state index in [9.17, 15) is 9.18 Å². The van der Waals surface area contributed by atoms with E-state index < -0.39 is 0 Å². The van der Waals surface area contributed by atoms with Crippen LogP contribution < -0.4 is 11.1 Å². The molecule has 7 heteroatoms. The van der Waals surface area contributed by atoms with Crippen molar-refractivity contribution in [3.05, 3.63) is 53.1 Å². The third-order valence-electron chi connectivity index (χ3n) is 4.52. The second-order valence-corrected chi connectivity index (χ2v) is 6.42. The number of halogens is 1. The first-order valence-electron chi connectivity index (χ1n) is 8.36. The maximum atomic E-state index is 13.7. The Bertz CT molecular complexity index is 767. The highest BCUT2D eigenvalue weighted by atomic mass is 19.1. The van der Waals surface area contributed by atoms with Crippen LogP contribution in [0, 0.1) is 18.7 Å². The lowest BCUT2D eigenvalue weighted by Crippen LogP contribution is -2.31. The average molecular weight is 343 g/mol. The number of nitrogens with two attached hydrogens (primary N) is 1. The summed E-state index contributed by atoms with van der Waals surface area (Å²) in [4.78, 5) is 22.3. The van der Waals surface area contributed by atoms with E-state index in [1.807, 2.05) is 12.1 Å². The molecule has 3 N–H and O–H groups in total. The molecule has 1 amide bonds. The largest absolute Gasteiger partial charge is 0.368 e. The Hall–Kier alpha value is -2.54. The fourth-order valence-corrected chi connectivity index (χ4v) is 3.13. The molecule has 1 aromatic carbocycles. The number of likely N-dealkylation sites (tertiary alicyclic amines) is 1. The Morgan fingerprint density at radius 1 is 1.44 bits per heavy atom. The Labute approximate surface area is 146 Å².